The van der Waals surface area contributed by atoms with Gasteiger partial charge in [0.05, 0.1) is 11.4 Å². The monoisotopic (exact) mass is 240 g/mol. The maximum atomic E-state index is 13.4. The Labute approximate surface area is 94.0 Å². The van der Waals surface area contributed by atoms with Crippen LogP contribution in [-0.4, -0.2) is 9.97 Å². The van der Waals surface area contributed by atoms with Crippen LogP contribution in [0.2, 0.25) is 0 Å². The van der Waals surface area contributed by atoms with Crippen LogP contribution in [0.5, 0.6) is 0 Å². The third kappa shape index (κ3) is 2.35. The molecule has 0 saturated carbocycles. The second-order valence-electron chi connectivity index (χ2n) is 3.31. The highest BCUT2D eigenvalue weighted by molar-refractivity contribution is 5.59. The molecule has 3 nitrogen and oxygen atoms in total. The molecule has 0 fully saturated rings. The molecule has 0 bridgehead atoms. The number of nitrogens with zero attached hydrogens (tertiary/aromatic N) is 1. The summed E-state index contributed by atoms with van der Waals surface area (Å²) in [6, 6.07) is 6.49. The Morgan fingerprint density at radius 1 is 1.24 bits per heavy atom. The molecule has 1 heterocycles. The Bertz CT molecular complexity index is 595. The van der Waals surface area contributed by atoms with Gasteiger partial charge in [0, 0.05) is 5.56 Å². The van der Waals surface area contributed by atoms with E-state index in [9.17, 15) is 18.0 Å². The molecule has 0 spiro atoms. The summed E-state index contributed by atoms with van der Waals surface area (Å²) in [5, 5.41) is 0. The molecule has 6 heteroatoms. The smallest absolute Gasteiger partial charge is 0.304 e. The zero-order valence-corrected chi connectivity index (χ0v) is 8.45. The van der Waals surface area contributed by atoms with E-state index >= 15 is 0 Å². The van der Waals surface area contributed by atoms with E-state index < -0.39 is 23.6 Å². The number of rotatable bonds is 2. The zero-order valence-electron chi connectivity index (χ0n) is 8.45. The van der Waals surface area contributed by atoms with Gasteiger partial charge in [-0.3, -0.25) is 0 Å². The number of benzene rings is 1. The van der Waals surface area contributed by atoms with Gasteiger partial charge in [-0.1, -0.05) is 12.1 Å². The molecule has 0 unspecified atom stereocenters. The van der Waals surface area contributed by atoms with Crippen LogP contribution in [0.15, 0.2) is 35.1 Å². The van der Waals surface area contributed by atoms with E-state index in [2.05, 4.69) is 4.98 Å². The summed E-state index contributed by atoms with van der Waals surface area (Å²) in [7, 11) is 0. The highest BCUT2D eigenvalue weighted by atomic mass is 19.3. The summed E-state index contributed by atoms with van der Waals surface area (Å²) >= 11 is 0. The fraction of sp³-hybridized carbons (Fsp3) is 0.0909. The molecule has 0 aliphatic carbocycles. The van der Waals surface area contributed by atoms with Gasteiger partial charge in [0.1, 0.15) is 5.82 Å². The van der Waals surface area contributed by atoms with E-state index in [0.29, 0.717) is 0 Å². The minimum absolute atomic E-state index is 0.0144. The Hall–Kier alpha value is -2.11. The minimum Gasteiger partial charge on any atom is -0.304 e. The molecular weight excluding hydrogens is 233 g/mol. The summed E-state index contributed by atoms with van der Waals surface area (Å²) in [5.41, 5.74) is -1.60. The van der Waals surface area contributed by atoms with Crippen molar-refractivity contribution < 1.29 is 13.2 Å². The average molecular weight is 240 g/mol. The predicted octanol–water partition coefficient (Wildman–Crippen LogP) is 2.51. The summed E-state index contributed by atoms with van der Waals surface area (Å²) in [6.07, 6.45) is -2.84. The number of hydrogen-bond acceptors (Lipinski definition) is 2. The molecule has 0 atom stereocenters. The lowest BCUT2D eigenvalue weighted by Crippen LogP contribution is -2.14. The van der Waals surface area contributed by atoms with Crippen LogP contribution in [0.4, 0.5) is 13.2 Å². The second kappa shape index (κ2) is 4.40. The van der Waals surface area contributed by atoms with Gasteiger partial charge in [-0.2, -0.15) is 4.98 Å². The SMILES string of the molecule is O=c1nc(-c2ccccc2F)cc(C(F)F)[nH]1. The van der Waals surface area contributed by atoms with E-state index in [1.807, 2.05) is 4.98 Å². The normalized spacial score (nSPS) is 10.8. The lowest BCUT2D eigenvalue weighted by atomic mass is 10.1. The van der Waals surface area contributed by atoms with E-state index in [1.54, 1.807) is 0 Å². The van der Waals surface area contributed by atoms with Crippen molar-refractivity contribution in [2.24, 2.45) is 0 Å². The Balaban J connectivity index is 2.60. The van der Waals surface area contributed by atoms with E-state index in [-0.39, 0.29) is 11.3 Å². The number of nitrogens with one attached hydrogen (secondary N) is 1. The van der Waals surface area contributed by atoms with Crippen LogP contribution in [0, 0.1) is 5.82 Å². The number of aromatic nitrogens is 2. The van der Waals surface area contributed by atoms with Gasteiger partial charge in [0.2, 0.25) is 0 Å². The number of halogens is 3. The van der Waals surface area contributed by atoms with Crippen molar-refractivity contribution in [3.63, 3.8) is 0 Å². The Kier molecular flexibility index (Phi) is 2.95. The van der Waals surface area contributed by atoms with Gasteiger partial charge >= 0.3 is 5.69 Å². The van der Waals surface area contributed by atoms with E-state index in [1.165, 1.54) is 24.3 Å². The first-order valence-corrected chi connectivity index (χ1v) is 4.72. The first-order valence-electron chi connectivity index (χ1n) is 4.72. The lowest BCUT2D eigenvalue weighted by molar-refractivity contribution is 0.145. The van der Waals surface area contributed by atoms with Crippen molar-refractivity contribution in [3.8, 4) is 11.3 Å². The predicted molar refractivity (Wildman–Crippen MR) is 55.2 cm³/mol. The first-order chi connectivity index (χ1) is 8.08. The van der Waals surface area contributed by atoms with Crippen LogP contribution in [0.1, 0.15) is 12.1 Å². The van der Waals surface area contributed by atoms with Crippen molar-refractivity contribution >= 4 is 0 Å². The lowest BCUT2D eigenvalue weighted by Gasteiger charge is -2.04. The van der Waals surface area contributed by atoms with Gasteiger partial charge in [0.25, 0.3) is 6.43 Å². The summed E-state index contributed by atoms with van der Waals surface area (Å²) in [5.74, 6) is -0.620. The molecule has 2 aromatic rings. The van der Waals surface area contributed by atoms with Gasteiger partial charge in [0.15, 0.2) is 0 Å². The van der Waals surface area contributed by atoms with Crippen molar-refractivity contribution in [2.45, 2.75) is 6.43 Å². The van der Waals surface area contributed by atoms with Crippen molar-refractivity contribution in [1.82, 2.24) is 9.97 Å². The van der Waals surface area contributed by atoms with Gasteiger partial charge in [-0.15, -0.1) is 0 Å². The fourth-order valence-corrected chi connectivity index (χ4v) is 1.40. The van der Waals surface area contributed by atoms with Crippen molar-refractivity contribution in [2.75, 3.05) is 0 Å². The molecule has 0 amide bonds. The number of hydrogen-bond donors (Lipinski definition) is 1. The van der Waals surface area contributed by atoms with Crippen LogP contribution in [-0.2, 0) is 0 Å². The summed E-state index contributed by atoms with van der Waals surface area (Å²) in [4.78, 5) is 16.4. The minimum atomic E-state index is -2.84. The van der Waals surface area contributed by atoms with Crippen molar-refractivity contribution in [1.29, 1.82) is 0 Å². The third-order valence-electron chi connectivity index (χ3n) is 2.15. The molecule has 0 saturated heterocycles. The topological polar surface area (TPSA) is 45.8 Å². The van der Waals surface area contributed by atoms with Crippen LogP contribution in [0.3, 0.4) is 0 Å². The number of H-pyrrole nitrogens is 1. The van der Waals surface area contributed by atoms with Crippen LogP contribution >= 0.6 is 0 Å². The molecular formula is C11H7F3N2O. The first kappa shape index (κ1) is 11.4. The van der Waals surface area contributed by atoms with E-state index in [0.717, 1.165) is 6.07 Å². The maximum absolute atomic E-state index is 13.4. The summed E-state index contributed by atoms with van der Waals surface area (Å²) in [6.45, 7) is 0. The zero-order chi connectivity index (χ0) is 12.4. The maximum Gasteiger partial charge on any atom is 0.345 e. The molecule has 0 radical (unpaired) electrons. The van der Waals surface area contributed by atoms with Crippen LogP contribution < -0.4 is 5.69 Å². The second-order valence-corrected chi connectivity index (χ2v) is 3.31. The quantitative estimate of drug-likeness (QED) is 0.876. The standard InChI is InChI=1S/C11H7F3N2O/c12-7-4-2-1-3-6(7)8-5-9(10(13)14)16-11(17)15-8/h1-5,10H,(H,15,16,17). The molecule has 2 rings (SSSR count). The van der Waals surface area contributed by atoms with Gasteiger partial charge in [-0.25, -0.2) is 18.0 Å². The average Bonchev–Trinajstić information content (AvgIpc) is 2.28. The third-order valence-corrected chi connectivity index (χ3v) is 2.15. The fourth-order valence-electron chi connectivity index (χ4n) is 1.40. The Morgan fingerprint density at radius 3 is 2.59 bits per heavy atom. The molecule has 1 N–H and O–H groups in total. The largest absolute Gasteiger partial charge is 0.345 e. The highest BCUT2D eigenvalue weighted by Crippen LogP contribution is 2.22. The molecule has 88 valence electrons. The van der Waals surface area contributed by atoms with Crippen molar-refractivity contribution in [3.05, 3.63) is 52.3 Å². The van der Waals surface area contributed by atoms with Crippen LogP contribution in [0.25, 0.3) is 11.3 Å². The molecule has 17 heavy (non-hydrogen) atoms. The molecule has 1 aromatic carbocycles. The highest BCUT2D eigenvalue weighted by Gasteiger charge is 2.13. The molecule has 0 aliphatic heterocycles. The van der Waals surface area contributed by atoms with E-state index in [4.69, 9.17) is 0 Å². The summed E-state index contributed by atoms with van der Waals surface area (Å²) < 4.78 is 38.3. The van der Waals surface area contributed by atoms with Gasteiger partial charge < -0.3 is 4.98 Å². The number of alkyl halides is 2. The van der Waals surface area contributed by atoms with Gasteiger partial charge in [-0.05, 0) is 18.2 Å². The number of aromatic amines is 1. The Morgan fingerprint density at radius 2 is 1.94 bits per heavy atom. The molecule has 0 aliphatic rings. The molecule has 1 aromatic heterocycles.